The van der Waals surface area contributed by atoms with E-state index in [1.54, 1.807) is 17.0 Å². The fourth-order valence-electron chi connectivity index (χ4n) is 2.53. The Hall–Kier alpha value is -0.840. The van der Waals surface area contributed by atoms with Crippen LogP contribution in [0.3, 0.4) is 0 Å². The molecule has 0 aliphatic carbocycles. The highest BCUT2D eigenvalue weighted by Crippen LogP contribution is 2.34. The zero-order valence-corrected chi connectivity index (χ0v) is 12.9. The molecule has 1 aliphatic heterocycles. The fraction of sp³-hybridized carbons (Fsp3) is 0.571. The van der Waals surface area contributed by atoms with Crippen LogP contribution >= 0.6 is 23.2 Å². The highest BCUT2D eigenvalue weighted by Gasteiger charge is 2.34. The van der Waals surface area contributed by atoms with E-state index in [4.69, 9.17) is 23.2 Å². The van der Waals surface area contributed by atoms with Crippen molar-refractivity contribution in [2.45, 2.75) is 26.2 Å². The molecule has 1 aromatic heterocycles. The SMILES string of the molecule is CCC1(CO)CCN(C(=O)c2nc(Cl)ccc2Cl)CC1. The van der Waals surface area contributed by atoms with E-state index < -0.39 is 0 Å². The van der Waals surface area contributed by atoms with Crippen LogP contribution < -0.4 is 0 Å². The standard InChI is InChI=1S/C14H18Cl2N2O2/c1-2-14(9-19)5-7-18(8-6-14)13(20)12-10(15)3-4-11(16)17-12/h3-4,19H,2,5-9H2,1H3. The van der Waals surface area contributed by atoms with Gasteiger partial charge in [-0.05, 0) is 36.8 Å². The van der Waals surface area contributed by atoms with Crippen molar-refractivity contribution in [2.24, 2.45) is 5.41 Å². The summed E-state index contributed by atoms with van der Waals surface area (Å²) in [5.74, 6) is -0.194. The molecule has 1 saturated heterocycles. The Kier molecular flexibility index (Phi) is 4.89. The molecular formula is C14H18Cl2N2O2. The maximum atomic E-state index is 12.4. The van der Waals surface area contributed by atoms with Crippen molar-refractivity contribution >= 4 is 29.1 Å². The van der Waals surface area contributed by atoms with E-state index in [1.165, 1.54) is 0 Å². The number of amides is 1. The summed E-state index contributed by atoms with van der Waals surface area (Å²) in [7, 11) is 0. The Morgan fingerprint density at radius 2 is 2.05 bits per heavy atom. The third-order valence-corrected chi connectivity index (χ3v) is 4.73. The molecule has 4 nitrogen and oxygen atoms in total. The second kappa shape index (κ2) is 6.29. The largest absolute Gasteiger partial charge is 0.396 e. The van der Waals surface area contributed by atoms with E-state index in [0.717, 1.165) is 19.3 Å². The third kappa shape index (κ3) is 3.08. The Balaban J connectivity index is 2.10. The minimum atomic E-state index is -0.194. The number of aliphatic hydroxyl groups is 1. The smallest absolute Gasteiger partial charge is 0.274 e. The second-order valence-electron chi connectivity index (χ2n) is 5.27. The van der Waals surface area contributed by atoms with Crippen molar-refractivity contribution in [3.63, 3.8) is 0 Å². The fourth-order valence-corrected chi connectivity index (χ4v) is 2.86. The number of piperidine rings is 1. The molecule has 20 heavy (non-hydrogen) atoms. The first-order valence-electron chi connectivity index (χ1n) is 6.73. The maximum Gasteiger partial charge on any atom is 0.274 e. The van der Waals surface area contributed by atoms with E-state index >= 15 is 0 Å². The number of hydrogen-bond acceptors (Lipinski definition) is 3. The highest BCUT2D eigenvalue weighted by molar-refractivity contribution is 6.34. The quantitative estimate of drug-likeness (QED) is 0.872. The lowest BCUT2D eigenvalue weighted by atomic mass is 9.77. The summed E-state index contributed by atoms with van der Waals surface area (Å²) < 4.78 is 0. The molecule has 0 saturated carbocycles. The van der Waals surface area contributed by atoms with Gasteiger partial charge in [-0.15, -0.1) is 0 Å². The minimum Gasteiger partial charge on any atom is -0.396 e. The van der Waals surface area contributed by atoms with Crippen LogP contribution in [-0.4, -0.2) is 40.6 Å². The van der Waals surface area contributed by atoms with Crippen LogP contribution in [0.2, 0.25) is 10.2 Å². The molecule has 1 aromatic rings. The van der Waals surface area contributed by atoms with E-state index in [9.17, 15) is 9.90 Å². The molecule has 110 valence electrons. The van der Waals surface area contributed by atoms with E-state index in [-0.39, 0.29) is 28.8 Å². The van der Waals surface area contributed by atoms with Crippen LogP contribution in [0.15, 0.2) is 12.1 Å². The van der Waals surface area contributed by atoms with Gasteiger partial charge in [-0.3, -0.25) is 4.79 Å². The van der Waals surface area contributed by atoms with Gasteiger partial charge in [0.2, 0.25) is 0 Å². The minimum absolute atomic E-state index is 0.0532. The molecule has 0 unspecified atom stereocenters. The topological polar surface area (TPSA) is 53.4 Å². The van der Waals surface area contributed by atoms with Crippen molar-refractivity contribution in [1.82, 2.24) is 9.88 Å². The lowest BCUT2D eigenvalue weighted by Gasteiger charge is -2.40. The molecule has 0 bridgehead atoms. The van der Waals surface area contributed by atoms with Gasteiger partial charge in [0, 0.05) is 19.7 Å². The number of aliphatic hydroxyl groups excluding tert-OH is 1. The Labute approximate surface area is 128 Å². The van der Waals surface area contributed by atoms with Crippen LogP contribution in [0.1, 0.15) is 36.7 Å². The number of likely N-dealkylation sites (tertiary alicyclic amines) is 1. The molecule has 0 aromatic carbocycles. The average Bonchev–Trinajstić information content (AvgIpc) is 2.49. The number of rotatable bonds is 3. The van der Waals surface area contributed by atoms with Gasteiger partial charge in [-0.25, -0.2) is 4.98 Å². The summed E-state index contributed by atoms with van der Waals surface area (Å²) in [6.45, 7) is 3.46. The molecule has 1 fully saturated rings. The first-order valence-corrected chi connectivity index (χ1v) is 7.49. The predicted octanol–water partition coefficient (Wildman–Crippen LogP) is 3.01. The van der Waals surface area contributed by atoms with Gasteiger partial charge in [0.25, 0.3) is 5.91 Å². The van der Waals surface area contributed by atoms with Crippen LogP contribution in [0.4, 0.5) is 0 Å². The Morgan fingerprint density at radius 3 is 2.60 bits per heavy atom. The van der Waals surface area contributed by atoms with Crippen molar-refractivity contribution in [2.75, 3.05) is 19.7 Å². The Morgan fingerprint density at radius 1 is 1.40 bits per heavy atom. The van der Waals surface area contributed by atoms with Gasteiger partial charge in [0.05, 0.1) is 5.02 Å². The van der Waals surface area contributed by atoms with Crippen LogP contribution in [0.5, 0.6) is 0 Å². The first-order chi connectivity index (χ1) is 9.51. The molecular weight excluding hydrogens is 299 g/mol. The van der Waals surface area contributed by atoms with Gasteiger partial charge in [-0.2, -0.15) is 0 Å². The number of hydrogen-bond donors (Lipinski definition) is 1. The summed E-state index contributed by atoms with van der Waals surface area (Å²) in [4.78, 5) is 18.2. The summed E-state index contributed by atoms with van der Waals surface area (Å²) in [6, 6.07) is 3.14. The molecule has 0 atom stereocenters. The third-order valence-electron chi connectivity index (χ3n) is 4.21. The van der Waals surface area contributed by atoms with Gasteiger partial charge in [-0.1, -0.05) is 30.1 Å². The monoisotopic (exact) mass is 316 g/mol. The van der Waals surface area contributed by atoms with Gasteiger partial charge >= 0.3 is 0 Å². The van der Waals surface area contributed by atoms with Gasteiger partial charge in [0.15, 0.2) is 0 Å². The normalized spacial score (nSPS) is 18.1. The molecule has 6 heteroatoms. The van der Waals surface area contributed by atoms with Crippen LogP contribution in [0, 0.1) is 5.41 Å². The average molecular weight is 317 g/mol. The molecule has 1 N–H and O–H groups in total. The summed E-state index contributed by atoms with van der Waals surface area (Å²) in [6.07, 6.45) is 2.51. The van der Waals surface area contributed by atoms with E-state index in [0.29, 0.717) is 18.1 Å². The molecule has 1 amide bonds. The molecule has 0 radical (unpaired) electrons. The lowest BCUT2D eigenvalue weighted by Crippen LogP contribution is -2.44. The van der Waals surface area contributed by atoms with E-state index in [2.05, 4.69) is 11.9 Å². The van der Waals surface area contributed by atoms with E-state index in [1.807, 2.05) is 0 Å². The summed E-state index contributed by atoms with van der Waals surface area (Å²) in [5.41, 5.74) is 0.148. The summed E-state index contributed by atoms with van der Waals surface area (Å²) >= 11 is 11.8. The number of halogens is 2. The molecule has 2 rings (SSSR count). The van der Waals surface area contributed by atoms with Crippen molar-refractivity contribution in [3.05, 3.63) is 28.0 Å². The molecule has 2 heterocycles. The van der Waals surface area contributed by atoms with Crippen molar-refractivity contribution < 1.29 is 9.90 Å². The van der Waals surface area contributed by atoms with Gasteiger partial charge < -0.3 is 10.0 Å². The van der Waals surface area contributed by atoms with Crippen molar-refractivity contribution in [3.8, 4) is 0 Å². The first kappa shape index (κ1) is 15.5. The number of nitrogens with zero attached hydrogens (tertiary/aromatic N) is 2. The summed E-state index contributed by atoms with van der Waals surface area (Å²) in [5, 5.41) is 10.1. The Bertz CT molecular complexity index is 494. The maximum absolute atomic E-state index is 12.4. The highest BCUT2D eigenvalue weighted by atomic mass is 35.5. The predicted molar refractivity (Wildman–Crippen MR) is 79.2 cm³/mol. The van der Waals surface area contributed by atoms with Crippen molar-refractivity contribution in [1.29, 1.82) is 0 Å². The lowest BCUT2D eigenvalue weighted by molar-refractivity contribution is 0.0335. The number of carbonyl (C=O) groups excluding carboxylic acids is 1. The zero-order valence-electron chi connectivity index (χ0n) is 11.4. The molecule has 0 spiro atoms. The molecule has 1 aliphatic rings. The number of aromatic nitrogens is 1. The van der Waals surface area contributed by atoms with Crippen LogP contribution in [0.25, 0.3) is 0 Å². The zero-order chi connectivity index (χ0) is 14.8. The van der Waals surface area contributed by atoms with Crippen LogP contribution in [-0.2, 0) is 0 Å². The number of pyridine rings is 1. The van der Waals surface area contributed by atoms with Gasteiger partial charge in [0.1, 0.15) is 10.8 Å². The second-order valence-corrected chi connectivity index (χ2v) is 6.06. The number of carbonyl (C=O) groups is 1.